The molecule has 0 bridgehead atoms. The van der Waals surface area contributed by atoms with Gasteiger partial charge in [-0.3, -0.25) is 24.2 Å². The van der Waals surface area contributed by atoms with Gasteiger partial charge < -0.3 is 20.9 Å². The van der Waals surface area contributed by atoms with Crippen molar-refractivity contribution in [1.82, 2.24) is 15.0 Å². The minimum Gasteiger partial charge on any atom is -0.481 e. The van der Waals surface area contributed by atoms with Crippen LogP contribution in [-0.4, -0.2) is 42.9 Å². The number of H-pyrrole nitrogens is 2. The summed E-state index contributed by atoms with van der Waals surface area (Å²) >= 11 is 0. The number of fused-ring (bicyclic) bond motifs is 1. The van der Waals surface area contributed by atoms with Crippen LogP contribution < -0.4 is 11.3 Å². The van der Waals surface area contributed by atoms with Gasteiger partial charge in [-0.1, -0.05) is 24.3 Å². The van der Waals surface area contributed by atoms with Gasteiger partial charge in [0.2, 0.25) is 5.95 Å². The Morgan fingerprint density at radius 2 is 1.81 bits per heavy atom. The first-order valence-electron chi connectivity index (χ1n) is 9.67. The van der Waals surface area contributed by atoms with Gasteiger partial charge in [-0.2, -0.15) is 4.98 Å². The molecule has 0 saturated heterocycles. The molecule has 0 saturated carbocycles. The summed E-state index contributed by atoms with van der Waals surface area (Å²) in [6.07, 6.45) is 2.24. The number of nitrogens with one attached hydrogen (secondary N) is 2. The zero-order chi connectivity index (χ0) is 22.5. The van der Waals surface area contributed by atoms with Crippen LogP contribution in [0, 0.1) is 5.92 Å². The summed E-state index contributed by atoms with van der Waals surface area (Å²) in [5.41, 5.74) is 7.76. The summed E-state index contributed by atoms with van der Waals surface area (Å²) in [5, 5.41) is 18.4. The van der Waals surface area contributed by atoms with Crippen molar-refractivity contribution in [2.75, 3.05) is 5.73 Å². The molecule has 2 heterocycles. The van der Waals surface area contributed by atoms with E-state index in [1.807, 2.05) is 0 Å². The van der Waals surface area contributed by atoms with Gasteiger partial charge in [-0.05, 0) is 30.4 Å². The largest absolute Gasteiger partial charge is 0.481 e. The molecule has 0 radical (unpaired) electrons. The van der Waals surface area contributed by atoms with Crippen molar-refractivity contribution >= 4 is 34.7 Å². The molecule has 0 amide bonds. The third kappa shape index (κ3) is 5.35. The van der Waals surface area contributed by atoms with E-state index in [1.54, 1.807) is 30.5 Å². The van der Waals surface area contributed by atoms with Crippen molar-refractivity contribution in [3.63, 3.8) is 0 Å². The van der Waals surface area contributed by atoms with Gasteiger partial charge in [0, 0.05) is 24.6 Å². The van der Waals surface area contributed by atoms with Gasteiger partial charge in [-0.15, -0.1) is 0 Å². The Kier molecular flexibility index (Phi) is 6.49. The Hall–Kier alpha value is -3.95. The number of ketones is 1. The minimum atomic E-state index is -1.18. The van der Waals surface area contributed by atoms with Crippen LogP contribution in [0.4, 0.5) is 5.95 Å². The fraction of sp³-hybridized carbons (Fsp3) is 0.286. The van der Waals surface area contributed by atoms with Crippen LogP contribution in [0.5, 0.6) is 0 Å². The first-order chi connectivity index (χ1) is 14.7. The van der Waals surface area contributed by atoms with Crippen LogP contribution in [0.3, 0.4) is 0 Å². The molecule has 1 unspecified atom stereocenters. The Morgan fingerprint density at radius 3 is 2.45 bits per heavy atom. The third-order valence-corrected chi connectivity index (χ3v) is 5.09. The quantitative estimate of drug-likeness (QED) is 0.304. The highest BCUT2D eigenvalue weighted by Gasteiger charge is 2.23. The fourth-order valence-electron chi connectivity index (χ4n) is 3.41. The summed E-state index contributed by atoms with van der Waals surface area (Å²) in [4.78, 5) is 55.9. The van der Waals surface area contributed by atoms with Crippen molar-refractivity contribution in [3.8, 4) is 0 Å². The molecule has 2 aromatic heterocycles. The van der Waals surface area contributed by atoms with Crippen LogP contribution >= 0.6 is 0 Å². The molecule has 0 fully saturated rings. The van der Waals surface area contributed by atoms with Gasteiger partial charge in [0.15, 0.2) is 5.78 Å². The van der Waals surface area contributed by atoms with E-state index in [0.717, 1.165) is 11.1 Å². The van der Waals surface area contributed by atoms with Gasteiger partial charge in [-0.25, -0.2) is 0 Å². The molecule has 0 spiro atoms. The number of aromatic nitrogens is 3. The smallest absolute Gasteiger partial charge is 0.306 e. The van der Waals surface area contributed by atoms with Gasteiger partial charge in [0.05, 0.1) is 11.3 Å². The average Bonchev–Trinajstić information content (AvgIpc) is 3.12. The van der Waals surface area contributed by atoms with Crippen LogP contribution in [0.25, 0.3) is 11.0 Å². The number of nitrogens with zero attached hydrogens (tertiary/aromatic N) is 1. The number of rotatable bonds is 10. The van der Waals surface area contributed by atoms with Crippen LogP contribution in [0.15, 0.2) is 35.3 Å². The SMILES string of the molecule is Nc1nc2[nH]cc(CCc3ccc(C(=O)CC(CCC(=O)O)C(=O)O)cc3)c2c(=O)[nH]1. The Bertz CT molecular complexity index is 1180. The summed E-state index contributed by atoms with van der Waals surface area (Å²) in [6.45, 7) is 0. The number of anilines is 1. The number of nitrogens with two attached hydrogens (primary N) is 1. The highest BCUT2D eigenvalue weighted by Crippen LogP contribution is 2.18. The van der Waals surface area contributed by atoms with Crippen molar-refractivity contribution < 1.29 is 24.6 Å². The van der Waals surface area contributed by atoms with E-state index in [-0.39, 0.29) is 36.6 Å². The average molecular weight is 426 g/mol. The predicted molar refractivity (Wildman–Crippen MR) is 112 cm³/mol. The number of aliphatic carboxylic acids is 2. The van der Waals surface area contributed by atoms with E-state index >= 15 is 0 Å². The lowest BCUT2D eigenvalue weighted by Crippen LogP contribution is -2.19. The topological polar surface area (TPSA) is 179 Å². The third-order valence-electron chi connectivity index (χ3n) is 5.09. The van der Waals surface area contributed by atoms with E-state index in [0.29, 0.717) is 29.4 Å². The maximum absolute atomic E-state index is 12.4. The van der Waals surface area contributed by atoms with Crippen molar-refractivity contribution in [2.45, 2.75) is 32.1 Å². The van der Waals surface area contributed by atoms with E-state index < -0.39 is 17.9 Å². The number of carboxylic acids is 2. The lowest BCUT2D eigenvalue weighted by molar-refractivity contribution is -0.142. The van der Waals surface area contributed by atoms with E-state index in [1.165, 1.54) is 0 Å². The van der Waals surface area contributed by atoms with Gasteiger partial charge >= 0.3 is 11.9 Å². The van der Waals surface area contributed by atoms with E-state index in [9.17, 15) is 24.3 Å². The number of carbonyl (C=O) groups excluding carboxylic acids is 1. The maximum atomic E-state index is 12.4. The first kappa shape index (κ1) is 21.8. The van der Waals surface area contributed by atoms with Crippen LogP contribution in [0.2, 0.25) is 0 Å². The number of aromatic amines is 2. The highest BCUT2D eigenvalue weighted by molar-refractivity contribution is 5.98. The maximum Gasteiger partial charge on any atom is 0.306 e. The molecule has 10 nitrogen and oxygen atoms in total. The summed E-state index contributed by atoms with van der Waals surface area (Å²) < 4.78 is 0. The molecule has 10 heteroatoms. The molecule has 162 valence electrons. The number of Topliss-reactive ketones (excluding diaryl/α,β-unsaturated/α-hetero) is 1. The Balaban J connectivity index is 1.64. The van der Waals surface area contributed by atoms with Crippen LogP contribution in [-0.2, 0) is 22.4 Å². The zero-order valence-electron chi connectivity index (χ0n) is 16.6. The first-order valence-corrected chi connectivity index (χ1v) is 9.67. The molecule has 6 N–H and O–H groups in total. The highest BCUT2D eigenvalue weighted by atomic mass is 16.4. The molecule has 0 aliphatic heterocycles. The van der Waals surface area contributed by atoms with Gasteiger partial charge in [0.1, 0.15) is 5.65 Å². The molecule has 3 aromatic rings. The number of nitrogen functional groups attached to an aromatic ring is 1. The second kappa shape index (κ2) is 9.24. The predicted octanol–water partition coefficient (Wildman–Crippen LogP) is 1.76. The molecule has 3 rings (SSSR count). The van der Waals surface area contributed by atoms with Gasteiger partial charge in [0.25, 0.3) is 5.56 Å². The second-order valence-corrected chi connectivity index (χ2v) is 7.28. The standard InChI is InChI=1S/C21H22N4O6/c22-21-24-18-17(19(29)25-21)14(10-23-18)6-3-11-1-4-12(5-2-11)15(26)9-13(20(30)31)7-8-16(27)28/h1-2,4-5,10,13H,3,6-9H2,(H,27,28)(H,30,31)(H4,22,23,24,25,29). The van der Waals surface area contributed by atoms with Crippen molar-refractivity contribution in [2.24, 2.45) is 5.92 Å². The molecular weight excluding hydrogens is 404 g/mol. The molecule has 1 aromatic carbocycles. The summed E-state index contributed by atoms with van der Waals surface area (Å²) in [7, 11) is 0. The number of aryl methyl sites for hydroxylation is 2. The van der Waals surface area contributed by atoms with E-state index in [4.69, 9.17) is 10.8 Å². The number of hydrogen-bond donors (Lipinski definition) is 5. The molecule has 0 aliphatic carbocycles. The summed E-state index contributed by atoms with van der Waals surface area (Å²) in [5.74, 6) is -3.63. The van der Waals surface area contributed by atoms with Crippen molar-refractivity contribution in [1.29, 1.82) is 0 Å². The zero-order valence-corrected chi connectivity index (χ0v) is 16.6. The molecule has 0 aliphatic rings. The number of carboxylic acid groups (broad SMARTS) is 2. The second-order valence-electron chi connectivity index (χ2n) is 7.28. The Morgan fingerprint density at radius 1 is 1.10 bits per heavy atom. The van der Waals surface area contributed by atoms with E-state index in [2.05, 4.69) is 15.0 Å². The number of benzene rings is 1. The lowest BCUT2D eigenvalue weighted by atomic mass is 9.93. The molecular formula is C21H22N4O6. The monoisotopic (exact) mass is 426 g/mol. The molecule has 31 heavy (non-hydrogen) atoms. The molecule has 1 atom stereocenters. The van der Waals surface area contributed by atoms with Crippen LogP contribution in [0.1, 0.15) is 40.7 Å². The Labute approximate surface area is 176 Å². The number of carbonyl (C=O) groups is 3. The lowest BCUT2D eigenvalue weighted by Gasteiger charge is -2.10. The van der Waals surface area contributed by atoms with Crippen molar-refractivity contribution in [3.05, 3.63) is 57.5 Å². The fourth-order valence-corrected chi connectivity index (χ4v) is 3.41. The normalized spacial score (nSPS) is 12.0. The summed E-state index contributed by atoms with van der Waals surface area (Å²) in [6, 6.07) is 6.79. The number of hydrogen-bond acceptors (Lipinski definition) is 6. The minimum absolute atomic E-state index is 0.0410.